The molecule has 4 rings (SSSR count). The second kappa shape index (κ2) is 18.5. The third kappa shape index (κ3) is 11.0. The second-order valence-corrected chi connectivity index (χ2v) is 12.6. The smallest absolute Gasteiger partial charge is 0.338 e. The molecule has 0 heterocycles. The Kier molecular flexibility index (Phi) is 13.7. The van der Waals surface area contributed by atoms with Gasteiger partial charge in [0.2, 0.25) is 0 Å². The van der Waals surface area contributed by atoms with Crippen LogP contribution in [0.1, 0.15) is 59.5 Å². The number of carbonyl (C=O) groups excluding carboxylic acids is 2. The standard InChI is InChI=1S/C40H38N8O10/c1-19-15-25(7-11-31(19)43-37(53)35(21(3)49)47-45-33-13-9-27(41-23(5)51)17-29(33)39(55)56)26-8-12-32(20(2)16-26)44-38(54)36(22(4)50)48-46-34-14-10-28(42-24(6)52)18-30(34)40(57)58/h7-18,49-50H,1-6H3,(H,41,51)(H,42,52)(H,43,53)(H,44,54)(H,55,56)(H,57,58)/b35-21-,36-22+,47-45?,48-46?. The number of carboxylic acids is 2. The van der Waals surface area contributed by atoms with Crippen LogP contribution >= 0.6 is 0 Å². The zero-order chi connectivity index (χ0) is 42.8. The van der Waals surface area contributed by atoms with Crippen LogP contribution in [-0.4, -0.2) is 66.2 Å². The number of carboxylic acid groups (broad SMARTS) is 2. The van der Waals surface area contributed by atoms with E-state index in [1.165, 1.54) is 64.1 Å². The van der Waals surface area contributed by atoms with E-state index >= 15 is 0 Å². The van der Waals surface area contributed by atoms with Crippen LogP contribution in [0.25, 0.3) is 11.1 Å². The Balaban J connectivity index is 1.50. The minimum absolute atomic E-state index is 0.124. The molecule has 2 amide bonds. The number of carbonyl (C=O) groups is 4. The number of anilines is 2. The van der Waals surface area contributed by atoms with Crippen molar-refractivity contribution in [2.45, 2.75) is 41.5 Å². The predicted octanol–water partition coefficient (Wildman–Crippen LogP) is 9.61. The molecule has 0 saturated carbocycles. The lowest BCUT2D eigenvalue weighted by molar-refractivity contribution is -0.113. The SMILES string of the molecule is CC(O)=Nc1ccc(N=N/C(C(=O)Nc2ccc(-c3ccc(NC(=O)/C(N=Nc4ccc(N=C(C)O)cc4C(=O)O)=C(/C)O)c(C)c3)cc2C)=C(/C)O)c(C(=O)O)c1. The predicted molar refractivity (Wildman–Crippen MR) is 216 cm³/mol. The highest BCUT2D eigenvalue weighted by Crippen LogP contribution is 2.31. The molecule has 0 aromatic heterocycles. The lowest BCUT2D eigenvalue weighted by Gasteiger charge is -2.13. The van der Waals surface area contributed by atoms with Gasteiger partial charge in [0.05, 0.1) is 22.5 Å². The van der Waals surface area contributed by atoms with Crippen LogP contribution in [0.15, 0.2) is 126 Å². The molecular formula is C40H38N8O10. The Bertz CT molecular complexity index is 2330. The van der Waals surface area contributed by atoms with E-state index in [9.17, 15) is 49.8 Å². The molecule has 18 heteroatoms. The Morgan fingerprint density at radius 1 is 0.500 bits per heavy atom. The fourth-order valence-electron chi connectivity index (χ4n) is 5.18. The van der Waals surface area contributed by atoms with E-state index in [0.717, 1.165) is 11.1 Å². The molecule has 0 fully saturated rings. The van der Waals surface area contributed by atoms with E-state index in [1.807, 2.05) is 0 Å². The molecule has 0 bridgehead atoms. The Morgan fingerprint density at radius 3 is 1.16 bits per heavy atom. The van der Waals surface area contributed by atoms with E-state index in [0.29, 0.717) is 22.5 Å². The van der Waals surface area contributed by atoms with E-state index in [1.54, 1.807) is 50.2 Å². The average molecular weight is 791 g/mol. The molecule has 0 aliphatic rings. The van der Waals surface area contributed by atoms with Crippen molar-refractivity contribution in [3.8, 4) is 11.1 Å². The Labute approximate surface area is 330 Å². The van der Waals surface area contributed by atoms with E-state index in [4.69, 9.17) is 0 Å². The minimum atomic E-state index is -1.35. The summed E-state index contributed by atoms with van der Waals surface area (Å²) in [4.78, 5) is 57.6. The highest BCUT2D eigenvalue weighted by Gasteiger charge is 2.19. The van der Waals surface area contributed by atoms with Crippen molar-refractivity contribution in [3.63, 3.8) is 0 Å². The van der Waals surface area contributed by atoms with Gasteiger partial charge in [-0.25, -0.2) is 19.6 Å². The van der Waals surface area contributed by atoms with E-state index in [-0.39, 0.29) is 45.7 Å². The molecule has 58 heavy (non-hydrogen) atoms. The number of amides is 2. The molecule has 0 radical (unpaired) electrons. The van der Waals surface area contributed by atoms with Crippen LogP contribution in [0.3, 0.4) is 0 Å². The number of benzene rings is 4. The zero-order valence-electron chi connectivity index (χ0n) is 31.9. The molecule has 0 atom stereocenters. The minimum Gasteiger partial charge on any atom is -0.510 e. The van der Waals surface area contributed by atoms with Gasteiger partial charge in [0.25, 0.3) is 11.8 Å². The molecule has 18 nitrogen and oxygen atoms in total. The van der Waals surface area contributed by atoms with Gasteiger partial charge in [0.1, 0.15) is 22.9 Å². The first-order chi connectivity index (χ1) is 27.3. The average Bonchev–Trinajstić information content (AvgIpc) is 3.13. The summed E-state index contributed by atoms with van der Waals surface area (Å²) in [5.74, 6) is -5.86. The highest BCUT2D eigenvalue weighted by molar-refractivity contribution is 6.05. The maximum atomic E-state index is 13.2. The van der Waals surface area contributed by atoms with Crippen LogP contribution in [0.4, 0.5) is 34.1 Å². The molecule has 4 aromatic rings. The number of aliphatic hydroxyl groups is 4. The number of hydrogen-bond acceptors (Lipinski definition) is 12. The Morgan fingerprint density at radius 2 is 0.862 bits per heavy atom. The summed E-state index contributed by atoms with van der Waals surface area (Å²) < 4.78 is 0. The third-order valence-corrected chi connectivity index (χ3v) is 7.92. The molecule has 4 aromatic carbocycles. The summed E-state index contributed by atoms with van der Waals surface area (Å²) in [7, 11) is 0. The fraction of sp³-hybridized carbons (Fsp3) is 0.150. The summed E-state index contributed by atoms with van der Waals surface area (Å²) in [6.45, 7) is 8.57. The Hall–Kier alpha value is -8.02. The van der Waals surface area contributed by atoms with Gasteiger partial charge in [-0.1, -0.05) is 12.1 Å². The number of azo groups is 2. The largest absolute Gasteiger partial charge is 0.510 e. The molecule has 0 aliphatic carbocycles. The monoisotopic (exact) mass is 790 g/mol. The molecule has 8 N–H and O–H groups in total. The summed E-state index contributed by atoms with van der Waals surface area (Å²) in [6, 6.07) is 18.0. The van der Waals surface area contributed by atoms with Crippen LogP contribution < -0.4 is 10.6 Å². The number of aryl methyl sites for hydroxylation is 2. The van der Waals surface area contributed by atoms with Crippen molar-refractivity contribution in [3.05, 3.63) is 118 Å². The van der Waals surface area contributed by atoms with Crippen LogP contribution in [0.2, 0.25) is 0 Å². The van der Waals surface area contributed by atoms with Crippen molar-refractivity contribution in [1.29, 1.82) is 0 Å². The molecule has 0 spiro atoms. The van der Waals surface area contributed by atoms with Gasteiger partial charge in [-0.3, -0.25) is 9.59 Å². The number of allylic oxidation sites excluding steroid dienone is 2. The topological polar surface area (TPSA) is 288 Å². The first kappa shape index (κ1) is 42.7. The highest BCUT2D eigenvalue weighted by atomic mass is 16.4. The zero-order valence-corrected chi connectivity index (χ0v) is 31.9. The molecule has 0 aliphatic heterocycles. The fourth-order valence-corrected chi connectivity index (χ4v) is 5.18. The van der Waals surface area contributed by atoms with Gasteiger partial charge in [-0.2, -0.15) is 0 Å². The number of aromatic carboxylic acids is 2. The van der Waals surface area contributed by atoms with Crippen LogP contribution in [-0.2, 0) is 9.59 Å². The van der Waals surface area contributed by atoms with Crippen molar-refractivity contribution < 1.29 is 49.8 Å². The lowest BCUT2D eigenvalue weighted by Crippen LogP contribution is -2.15. The van der Waals surface area contributed by atoms with Crippen molar-refractivity contribution >= 4 is 69.7 Å². The van der Waals surface area contributed by atoms with Gasteiger partial charge < -0.3 is 41.3 Å². The number of aliphatic imine (C=N–C) groups is 2. The number of aliphatic hydroxyl groups excluding tert-OH is 4. The van der Waals surface area contributed by atoms with Crippen LogP contribution in [0.5, 0.6) is 0 Å². The van der Waals surface area contributed by atoms with Gasteiger partial charge in [-0.15, -0.1) is 20.5 Å². The lowest BCUT2D eigenvalue weighted by atomic mass is 10.00. The second-order valence-electron chi connectivity index (χ2n) is 12.6. The van der Waals surface area contributed by atoms with E-state index in [2.05, 4.69) is 41.1 Å². The molecule has 0 saturated heterocycles. The quantitative estimate of drug-likeness (QED) is 0.0208. The van der Waals surface area contributed by atoms with Gasteiger partial charge in [0, 0.05) is 25.2 Å². The summed E-state index contributed by atoms with van der Waals surface area (Å²) >= 11 is 0. The summed E-state index contributed by atoms with van der Waals surface area (Å²) in [6.07, 6.45) is 0. The summed E-state index contributed by atoms with van der Waals surface area (Å²) in [5, 5.41) is 79.3. The number of nitrogens with zero attached hydrogens (tertiary/aromatic N) is 6. The van der Waals surface area contributed by atoms with Crippen molar-refractivity contribution in [2.75, 3.05) is 10.6 Å². The molecular weight excluding hydrogens is 752 g/mol. The van der Waals surface area contributed by atoms with Crippen molar-refractivity contribution in [2.24, 2.45) is 30.4 Å². The maximum absolute atomic E-state index is 13.2. The summed E-state index contributed by atoms with van der Waals surface area (Å²) in [5.41, 5.74) is 2.03. The third-order valence-electron chi connectivity index (χ3n) is 7.92. The normalized spacial score (nSPS) is 12.9. The van der Waals surface area contributed by atoms with E-state index < -0.39 is 46.7 Å². The number of hydrogen-bond donors (Lipinski definition) is 8. The first-order valence-corrected chi connectivity index (χ1v) is 17.0. The maximum Gasteiger partial charge on any atom is 0.338 e. The molecule has 298 valence electrons. The first-order valence-electron chi connectivity index (χ1n) is 17.0. The van der Waals surface area contributed by atoms with Gasteiger partial charge >= 0.3 is 11.9 Å². The van der Waals surface area contributed by atoms with Gasteiger partial charge in [0.15, 0.2) is 23.2 Å². The number of nitrogens with one attached hydrogen (secondary N) is 2. The van der Waals surface area contributed by atoms with Crippen LogP contribution in [0, 0.1) is 13.8 Å². The van der Waals surface area contributed by atoms with Gasteiger partial charge in [-0.05, 0) is 111 Å². The van der Waals surface area contributed by atoms with Crippen molar-refractivity contribution in [1.82, 2.24) is 0 Å². The molecule has 0 unspecified atom stereocenters. The number of rotatable bonds is 13.